The molecule has 0 aliphatic carbocycles. The molecule has 0 bridgehead atoms. The summed E-state index contributed by atoms with van der Waals surface area (Å²) in [7, 11) is 0. The van der Waals surface area contributed by atoms with Crippen LogP contribution in [0.4, 0.5) is 0 Å². The Morgan fingerprint density at radius 1 is 1.04 bits per heavy atom. The van der Waals surface area contributed by atoms with Crippen molar-refractivity contribution in [3.8, 4) is 0 Å². The third-order valence-electron chi connectivity index (χ3n) is 3.71. The fraction of sp³-hybridized carbons (Fsp3) is 0.263. The van der Waals surface area contributed by atoms with Crippen LogP contribution in [0.5, 0.6) is 0 Å². The Morgan fingerprint density at radius 2 is 1.65 bits per heavy atom. The monoisotopic (exact) mass is 374 g/mol. The van der Waals surface area contributed by atoms with E-state index in [4.69, 9.17) is 4.74 Å². The average molecular weight is 375 g/mol. The highest BCUT2D eigenvalue weighted by Crippen LogP contribution is 2.37. The van der Waals surface area contributed by atoms with Gasteiger partial charge in [-0.1, -0.05) is 64.5 Å². The normalized spacial score (nSPS) is 13.2. The Kier molecular flexibility index (Phi) is 6.11. The number of Topliss-reactive ketones (excluding diaryl/α,β-unsaturated/α-hetero) is 1. The maximum Gasteiger partial charge on any atom is 0.317 e. The highest BCUT2D eigenvalue weighted by molar-refractivity contribution is 9.10. The van der Waals surface area contributed by atoms with Gasteiger partial charge in [0, 0.05) is 10.4 Å². The molecule has 2 rings (SSSR count). The molecule has 0 aliphatic heterocycles. The van der Waals surface area contributed by atoms with Crippen LogP contribution < -0.4 is 0 Å². The van der Waals surface area contributed by atoms with Crippen LogP contribution in [0.1, 0.15) is 30.9 Å². The summed E-state index contributed by atoms with van der Waals surface area (Å²) in [4.78, 5) is 24.7. The molecule has 0 saturated heterocycles. The standard InChI is InChI=1S/C19H19BrO3/c1-3-23-19(22)17(13(2)21)18(14-9-5-4-6-10-14)15-11-7-8-12-16(15)20/h4-12,17-18H,3H2,1-2H3. The molecular formula is C19H19BrO3. The van der Waals surface area contributed by atoms with E-state index in [1.54, 1.807) is 6.92 Å². The maximum atomic E-state index is 12.4. The fourth-order valence-corrected chi connectivity index (χ4v) is 3.24. The first-order chi connectivity index (χ1) is 11.1. The molecule has 2 aromatic rings. The summed E-state index contributed by atoms with van der Waals surface area (Å²) in [5.74, 6) is -1.93. The van der Waals surface area contributed by atoms with E-state index in [1.807, 2.05) is 54.6 Å². The molecule has 23 heavy (non-hydrogen) atoms. The van der Waals surface area contributed by atoms with Crippen LogP contribution in [0.25, 0.3) is 0 Å². The third-order valence-corrected chi connectivity index (χ3v) is 4.43. The highest BCUT2D eigenvalue weighted by Gasteiger charge is 2.36. The third kappa shape index (κ3) is 4.08. The van der Waals surface area contributed by atoms with Gasteiger partial charge >= 0.3 is 5.97 Å². The van der Waals surface area contributed by atoms with Gasteiger partial charge in [0.05, 0.1) is 6.61 Å². The lowest BCUT2D eigenvalue weighted by atomic mass is 9.79. The van der Waals surface area contributed by atoms with Gasteiger partial charge in [-0.05, 0) is 31.0 Å². The van der Waals surface area contributed by atoms with Gasteiger partial charge in [-0.15, -0.1) is 0 Å². The molecule has 0 radical (unpaired) electrons. The number of hydrogen-bond acceptors (Lipinski definition) is 3. The van der Waals surface area contributed by atoms with Gasteiger partial charge in [-0.25, -0.2) is 0 Å². The first-order valence-corrected chi connectivity index (χ1v) is 8.32. The lowest BCUT2D eigenvalue weighted by molar-refractivity contribution is -0.151. The number of halogens is 1. The van der Waals surface area contributed by atoms with Gasteiger partial charge in [0.15, 0.2) is 0 Å². The topological polar surface area (TPSA) is 43.4 Å². The van der Waals surface area contributed by atoms with Crippen molar-refractivity contribution < 1.29 is 14.3 Å². The van der Waals surface area contributed by atoms with Crippen LogP contribution in [-0.4, -0.2) is 18.4 Å². The van der Waals surface area contributed by atoms with Gasteiger partial charge in [0.25, 0.3) is 0 Å². The van der Waals surface area contributed by atoms with E-state index in [0.717, 1.165) is 15.6 Å². The number of ether oxygens (including phenoxy) is 1. The lowest BCUT2D eigenvalue weighted by Gasteiger charge is -2.25. The second kappa shape index (κ2) is 8.06. The Morgan fingerprint density at radius 3 is 2.22 bits per heavy atom. The highest BCUT2D eigenvalue weighted by atomic mass is 79.9. The molecule has 0 heterocycles. The zero-order valence-corrected chi connectivity index (χ0v) is 14.7. The number of rotatable bonds is 6. The van der Waals surface area contributed by atoms with Crippen LogP contribution in [0, 0.1) is 5.92 Å². The minimum absolute atomic E-state index is 0.201. The van der Waals surface area contributed by atoms with E-state index in [-0.39, 0.29) is 18.3 Å². The fourth-order valence-electron chi connectivity index (χ4n) is 2.71. The van der Waals surface area contributed by atoms with Crippen LogP contribution in [0.15, 0.2) is 59.1 Å². The second-order valence-electron chi connectivity index (χ2n) is 5.25. The number of hydrogen-bond donors (Lipinski definition) is 0. The molecule has 0 aliphatic rings. The molecule has 3 nitrogen and oxygen atoms in total. The predicted molar refractivity (Wildman–Crippen MR) is 93.2 cm³/mol. The van der Waals surface area contributed by atoms with E-state index in [9.17, 15) is 9.59 Å². The predicted octanol–water partition coefficient (Wildman–Crippen LogP) is 4.35. The number of esters is 1. The zero-order valence-electron chi connectivity index (χ0n) is 13.2. The number of carbonyl (C=O) groups is 2. The van der Waals surface area contributed by atoms with Crippen molar-refractivity contribution in [1.82, 2.24) is 0 Å². The van der Waals surface area contributed by atoms with Gasteiger partial charge in [-0.2, -0.15) is 0 Å². The van der Waals surface area contributed by atoms with E-state index in [1.165, 1.54) is 6.92 Å². The van der Waals surface area contributed by atoms with Gasteiger partial charge in [0.1, 0.15) is 11.7 Å². The Labute approximate surface area is 144 Å². The summed E-state index contributed by atoms with van der Waals surface area (Å²) in [5, 5.41) is 0. The van der Waals surface area contributed by atoms with Crippen molar-refractivity contribution in [2.75, 3.05) is 6.61 Å². The van der Waals surface area contributed by atoms with Crippen molar-refractivity contribution in [3.05, 3.63) is 70.2 Å². The van der Waals surface area contributed by atoms with E-state index in [2.05, 4.69) is 15.9 Å². The number of benzene rings is 2. The second-order valence-corrected chi connectivity index (χ2v) is 6.10. The lowest BCUT2D eigenvalue weighted by Crippen LogP contribution is -2.31. The minimum Gasteiger partial charge on any atom is -0.465 e. The Hall–Kier alpha value is -1.94. The van der Waals surface area contributed by atoms with Crippen LogP contribution in [0.2, 0.25) is 0 Å². The van der Waals surface area contributed by atoms with E-state index >= 15 is 0 Å². The first-order valence-electron chi connectivity index (χ1n) is 7.52. The minimum atomic E-state index is -0.865. The molecule has 0 aromatic heterocycles. The summed E-state index contributed by atoms with van der Waals surface area (Å²) in [6.07, 6.45) is 0. The summed E-state index contributed by atoms with van der Waals surface area (Å²) < 4.78 is 6.02. The van der Waals surface area contributed by atoms with Crippen molar-refractivity contribution in [3.63, 3.8) is 0 Å². The molecule has 0 saturated carbocycles. The molecular weight excluding hydrogens is 356 g/mol. The molecule has 120 valence electrons. The molecule has 0 N–H and O–H groups in total. The van der Waals surface area contributed by atoms with Crippen molar-refractivity contribution in [2.24, 2.45) is 5.92 Å². The smallest absolute Gasteiger partial charge is 0.317 e. The first kappa shape index (κ1) is 17.4. The molecule has 0 amide bonds. The van der Waals surface area contributed by atoms with Gasteiger partial charge in [-0.3, -0.25) is 9.59 Å². The summed E-state index contributed by atoms with van der Waals surface area (Å²) in [6, 6.07) is 17.2. The zero-order chi connectivity index (χ0) is 16.8. The van der Waals surface area contributed by atoms with E-state index in [0.29, 0.717) is 0 Å². The number of ketones is 1. The Bertz CT molecular complexity index is 682. The number of carbonyl (C=O) groups excluding carboxylic acids is 2. The SMILES string of the molecule is CCOC(=O)C(C(C)=O)C(c1ccccc1)c1ccccc1Br. The molecule has 4 heteroatoms. The average Bonchev–Trinajstić information content (AvgIpc) is 2.54. The maximum absolute atomic E-state index is 12.4. The molecule has 0 spiro atoms. The van der Waals surface area contributed by atoms with Crippen molar-refractivity contribution in [2.45, 2.75) is 19.8 Å². The molecule has 2 unspecified atom stereocenters. The Balaban J connectivity index is 2.59. The van der Waals surface area contributed by atoms with Crippen molar-refractivity contribution in [1.29, 1.82) is 0 Å². The van der Waals surface area contributed by atoms with Gasteiger partial charge in [0.2, 0.25) is 0 Å². The molecule has 2 atom stereocenters. The quantitative estimate of drug-likeness (QED) is 0.557. The van der Waals surface area contributed by atoms with Crippen molar-refractivity contribution >= 4 is 27.7 Å². The van der Waals surface area contributed by atoms with E-state index < -0.39 is 11.9 Å². The van der Waals surface area contributed by atoms with Crippen LogP contribution in [-0.2, 0) is 14.3 Å². The molecule has 2 aromatic carbocycles. The van der Waals surface area contributed by atoms with Crippen LogP contribution >= 0.6 is 15.9 Å². The van der Waals surface area contributed by atoms with Crippen LogP contribution in [0.3, 0.4) is 0 Å². The largest absolute Gasteiger partial charge is 0.465 e. The van der Waals surface area contributed by atoms with Gasteiger partial charge < -0.3 is 4.74 Å². The summed E-state index contributed by atoms with van der Waals surface area (Å²) in [6.45, 7) is 3.43. The summed E-state index contributed by atoms with van der Waals surface area (Å²) >= 11 is 3.54. The molecule has 0 fully saturated rings. The summed E-state index contributed by atoms with van der Waals surface area (Å²) in [5.41, 5.74) is 1.81.